The molecule has 1 heterocycles. The molecule has 4 N–H and O–H groups in total. The average molecular weight is 262 g/mol. The van der Waals surface area contributed by atoms with Crippen molar-refractivity contribution in [3.63, 3.8) is 0 Å². The standard InChI is InChI=1S/C10H22N4O2S/c1-8-6-4-5-7-14(8)17(15,16)13-10(2,3)9(11)12/h8,13H,4-7H2,1-3H3,(H3,11,12). The van der Waals surface area contributed by atoms with Gasteiger partial charge in [0, 0.05) is 12.6 Å². The van der Waals surface area contributed by atoms with Crippen LogP contribution in [0.2, 0.25) is 0 Å². The number of hydrogen-bond acceptors (Lipinski definition) is 3. The summed E-state index contributed by atoms with van der Waals surface area (Å²) in [5.41, 5.74) is 4.33. The third kappa shape index (κ3) is 3.40. The second kappa shape index (κ2) is 4.91. The Kier molecular flexibility index (Phi) is 4.16. The summed E-state index contributed by atoms with van der Waals surface area (Å²) in [5.74, 6) is -0.189. The lowest BCUT2D eigenvalue weighted by Crippen LogP contribution is -2.58. The van der Waals surface area contributed by atoms with Crippen LogP contribution in [0.25, 0.3) is 0 Å². The molecule has 0 aromatic heterocycles. The predicted molar refractivity (Wildman–Crippen MR) is 68.1 cm³/mol. The molecule has 0 radical (unpaired) electrons. The maximum atomic E-state index is 12.2. The van der Waals surface area contributed by atoms with Gasteiger partial charge in [0.15, 0.2) is 0 Å². The van der Waals surface area contributed by atoms with Gasteiger partial charge in [-0.2, -0.15) is 17.4 Å². The van der Waals surface area contributed by atoms with Crippen LogP contribution in [0.4, 0.5) is 0 Å². The Balaban J connectivity index is 2.84. The summed E-state index contributed by atoms with van der Waals surface area (Å²) >= 11 is 0. The second-order valence-electron chi connectivity index (χ2n) is 5.10. The minimum atomic E-state index is -3.57. The number of nitrogens with two attached hydrogens (primary N) is 1. The first-order valence-corrected chi connectivity index (χ1v) is 7.26. The highest BCUT2D eigenvalue weighted by atomic mass is 32.2. The van der Waals surface area contributed by atoms with Gasteiger partial charge in [-0.15, -0.1) is 0 Å². The normalized spacial score (nSPS) is 23.6. The third-order valence-corrected chi connectivity index (χ3v) is 5.04. The molecule has 7 heteroatoms. The molecule has 0 amide bonds. The molecule has 1 atom stereocenters. The molecular weight excluding hydrogens is 240 g/mol. The summed E-state index contributed by atoms with van der Waals surface area (Å²) in [6.07, 6.45) is 2.82. The van der Waals surface area contributed by atoms with Gasteiger partial charge in [-0.3, -0.25) is 5.41 Å². The fraction of sp³-hybridized carbons (Fsp3) is 0.900. The Bertz CT molecular complexity index is 391. The molecule has 1 aliphatic rings. The molecular formula is C10H22N4O2S. The monoisotopic (exact) mass is 262 g/mol. The van der Waals surface area contributed by atoms with E-state index in [2.05, 4.69) is 4.72 Å². The van der Waals surface area contributed by atoms with E-state index in [9.17, 15) is 8.42 Å². The van der Waals surface area contributed by atoms with Crippen molar-refractivity contribution < 1.29 is 8.42 Å². The van der Waals surface area contributed by atoms with Crippen LogP contribution in [-0.4, -0.2) is 36.7 Å². The van der Waals surface area contributed by atoms with Crippen molar-refractivity contribution in [1.82, 2.24) is 9.03 Å². The van der Waals surface area contributed by atoms with Crippen LogP contribution < -0.4 is 10.5 Å². The SMILES string of the molecule is CC1CCCCN1S(=O)(=O)NC(C)(C)C(=N)N. The molecule has 0 saturated carbocycles. The summed E-state index contributed by atoms with van der Waals surface area (Å²) in [6.45, 7) is 5.60. The van der Waals surface area contributed by atoms with Gasteiger partial charge < -0.3 is 5.73 Å². The van der Waals surface area contributed by atoms with Crippen LogP contribution in [0.15, 0.2) is 0 Å². The van der Waals surface area contributed by atoms with E-state index in [0.29, 0.717) is 6.54 Å². The number of nitrogens with one attached hydrogen (secondary N) is 2. The van der Waals surface area contributed by atoms with Crippen molar-refractivity contribution in [1.29, 1.82) is 5.41 Å². The van der Waals surface area contributed by atoms with Gasteiger partial charge in [0.05, 0.1) is 5.54 Å². The minimum absolute atomic E-state index is 0.00371. The Morgan fingerprint density at radius 1 is 1.47 bits per heavy atom. The van der Waals surface area contributed by atoms with Crippen molar-refractivity contribution in [3.05, 3.63) is 0 Å². The van der Waals surface area contributed by atoms with Crippen molar-refractivity contribution in [2.45, 2.75) is 51.6 Å². The van der Waals surface area contributed by atoms with E-state index < -0.39 is 15.7 Å². The predicted octanol–water partition coefficient (Wildman–Crippen LogP) is 0.410. The number of hydrogen-bond donors (Lipinski definition) is 3. The Morgan fingerprint density at radius 3 is 2.53 bits per heavy atom. The lowest BCUT2D eigenvalue weighted by atomic mass is 10.1. The van der Waals surface area contributed by atoms with E-state index in [4.69, 9.17) is 11.1 Å². The smallest absolute Gasteiger partial charge is 0.280 e. The molecule has 1 unspecified atom stereocenters. The molecule has 0 aromatic rings. The van der Waals surface area contributed by atoms with Gasteiger partial charge in [0.25, 0.3) is 10.2 Å². The first kappa shape index (κ1) is 14.4. The highest BCUT2D eigenvalue weighted by molar-refractivity contribution is 7.87. The van der Waals surface area contributed by atoms with Crippen molar-refractivity contribution in [3.8, 4) is 0 Å². The van der Waals surface area contributed by atoms with Gasteiger partial charge >= 0.3 is 0 Å². The fourth-order valence-corrected chi connectivity index (χ4v) is 3.69. The van der Waals surface area contributed by atoms with E-state index >= 15 is 0 Å². The molecule has 0 aliphatic carbocycles. The van der Waals surface area contributed by atoms with Gasteiger partial charge in [0.2, 0.25) is 0 Å². The maximum Gasteiger partial charge on any atom is 0.280 e. The molecule has 6 nitrogen and oxygen atoms in total. The van der Waals surface area contributed by atoms with Crippen LogP contribution in [0, 0.1) is 5.41 Å². The molecule has 100 valence electrons. The molecule has 17 heavy (non-hydrogen) atoms. The van der Waals surface area contributed by atoms with E-state index in [1.165, 1.54) is 4.31 Å². The summed E-state index contributed by atoms with van der Waals surface area (Å²) in [5, 5.41) is 7.37. The van der Waals surface area contributed by atoms with Gasteiger partial charge in [-0.1, -0.05) is 6.42 Å². The largest absolute Gasteiger partial charge is 0.386 e. The summed E-state index contributed by atoms with van der Waals surface area (Å²) < 4.78 is 28.3. The molecule has 1 fully saturated rings. The average Bonchev–Trinajstić information content (AvgIpc) is 2.16. The van der Waals surface area contributed by atoms with E-state index in [-0.39, 0.29) is 11.9 Å². The second-order valence-corrected chi connectivity index (χ2v) is 6.72. The highest BCUT2D eigenvalue weighted by Crippen LogP contribution is 2.20. The highest BCUT2D eigenvalue weighted by Gasteiger charge is 2.35. The number of amidine groups is 1. The van der Waals surface area contributed by atoms with Crippen molar-refractivity contribution >= 4 is 16.0 Å². The van der Waals surface area contributed by atoms with Gasteiger partial charge in [0.1, 0.15) is 5.84 Å². The first-order chi connectivity index (χ1) is 7.67. The zero-order valence-electron chi connectivity index (χ0n) is 10.7. The van der Waals surface area contributed by atoms with Crippen molar-refractivity contribution in [2.75, 3.05) is 6.54 Å². The van der Waals surface area contributed by atoms with E-state index in [1.54, 1.807) is 13.8 Å². The first-order valence-electron chi connectivity index (χ1n) is 5.82. The Labute approximate surface area is 103 Å². The Hall–Kier alpha value is -0.660. The van der Waals surface area contributed by atoms with E-state index in [0.717, 1.165) is 19.3 Å². The van der Waals surface area contributed by atoms with Crippen LogP contribution >= 0.6 is 0 Å². The maximum absolute atomic E-state index is 12.2. The molecule has 1 rings (SSSR count). The zero-order valence-corrected chi connectivity index (χ0v) is 11.5. The number of nitrogens with zero attached hydrogens (tertiary/aromatic N) is 1. The van der Waals surface area contributed by atoms with Crippen LogP contribution in [0.3, 0.4) is 0 Å². The zero-order chi connectivity index (χ0) is 13.3. The molecule has 0 aromatic carbocycles. The van der Waals surface area contributed by atoms with Crippen LogP contribution in [-0.2, 0) is 10.2 Å². The fourth-order valence-electron chi connectivity index (χ4n) is 1.86. The summed E-state index contributed by atoms with van der Waals surface area (Å²) in [6, 6.07) is 0.00371. The molecule has 0 spiro atoms. The number of rotatable bonds is 4. The van der Waals surface area contributed by atoms with E-state index in [1.807, 2.05) is 6.92 Å². The lowest BCUT2D eigenvalue weighted by molar-refractivity contribution is 0.263. The topological polar surface area (TPSA) is 99.3 Å². The number of piperidine rings is 1. The van der Waals surface area contributed by atoms with Gasteiger partial charge in [-0.05, 0) is 33.6 Å². The molecule has 1 saturated heterocycles. The molecule has 1 aliphatic heterocycles. The third-order valence-electron chi connectivity index (χ3n) is 3.11. The molecule has 0 bridgehead atoms. The van der Waals surface area contributed by atoms with Crippen LogP contribution in [0.1, 0.15) is 40.0 Å². The minimum Gasteiger partial charge on any atom is -0.386 e. The van der Waals surface area contributed by atoms with Crippen molar-refractivity contribution in [2.24, 2.45) is 5.73 Å². The summed E-state index contributed by atoms with van der Waals surface area (Å²) in [7, 11) is -3.57. The lowest BCUT2D eigenvalue weighted by Gasteiger charge is -2.35. The van der Waals surface area contributed by atoms with Gasteiger partial charge in [-0.25, -0.2) is 0 Å². The van der Waals surface area contributed by atoms with Crippen LogP contribution in [0.5, 0.6) is 0 Å². The summed E-state index contributed by atoms with van der Waals surface area (Å²) in [4.78, 5) is 0. The quantitative estimate of drug-likeness (QED) is 0.505. The Morgan fingerprint density at radius 2 is 2.06 bits per heavy atom.